The number of carbonyl (C=O) groups excluding carboxylic acids is 2. The number of nitrogen functional groups attached to an aromatic ring is 1. The van der Waals surface area contributed by atoms with Crippen molar-refractivity contribution in [1.82, 2.24) is 14.9 Å². The fourth-order valence-corrected chi connectivity index (χ4v) is 2.67. The van der Waals surface area contributed by atoms with Crippen LogP contribution >= 0.6 is 12.4 Å². The molecule has 2 amide bonds. The third-order valence-electron chi connectivity index (χ3n) is 3.66. The minimum absolute atomic E-state index is 0. The SMILES string of the molecule is Cc1nc2cccc(N)c2c(=O)n1[C@@H]1CCC(=O)NC1=O.Cl. The van der Waals surface area contributed by atoms with E-state index >= 15 is 0 Å². The lowest BCUT2D eigenvalue weighted by Crippen LogP contribution is -2.45. The number of hydrogen-bond donors (Lipinski definition) is 2. The number of hydrogen-bond acceptors (Lipinski definition) is 5. The molecule has 0 unspecified atom stereocenters. The highest BCUT2D eigenvalue weighted by atomic mass is 35.5. The molecule has 0 saturated carbocycles. The smallest absolute Gasteiger partial charge is 0.264 e. The Morgan fingerprint density at radius 3 is 2.73 bits per heavy atom. The van der Waals surface area contributed by atoms with E-state index in [0.717, 1.165) is 0 Å². The number of carbonyl (C=O) groups is 2. The van der Waals surface area contributed by atoms with Crippen LogP contribution in [0.15, 0.2) is 23.0 Å². The molecular weight excluding hydrogens is 308 g/mol. The molecule has 1 saturated heterocycles. The molecular formula is C14H15ClN4O3. The fraction of sp³-hybridized carbons (Fsp3) is 0.286. The molecule has 2 heterocycles. The van der Waals surface area contributed by atoms with E-state index in [1.807, 2.05) is 0 Å². The molecule has 1 atom stereocenters. The maximum atomic E-state index is 12.7. The van der Waals surface area contributed by atoms with Gasteiger partial charge in [0.05, 0.1) is 10.9 Å². The van der Waals surface area contributed by atoms with Crippen LogP contribution in [0.5, 0.6) is 0 Å². The maximum absolute atomic E-state index is 12.7. The second-order valence-electron chi connectivity index (χ2n) is 5.04. The van der Waals surface area contributed by atoms with Crippen molar-refractivity contribution in [2.45, 2.75) is 25.8 Å². The van der Waals surface area contributed by atoms with Gasteiger partial charge in [-0.3, -0.25) is 24.3 Å². The minimum Gasteiger partial charge on any atom is -0.398 e. The summed E-state index contributed by atoms with van der Waals surface area (Å²) >= 11 is 0. The Morgan fingerprint density at radius 2 is 2.05 bits per heavy atom. The van der Waals surface area contributed by atoms with E-state index in [9.17, 15) is 14.4 Å². The van der Waals surface area contributed by atoms with Crippen LogP contribution < -0.4 is 16.6 Å². The van der Waals surface area contributed by atoms with Gasteiger partial charge in [0, 0.05) is 12.1 Å². The van der Waals surface area contributed by atoms with Crippen molar-refractivity contribution >= 4 is 40.8 Å². The van der Waals surface area contributed by atoms with Gasteiger partial charge in [-0.05, 0) is 25.5 Å². The summed E-state index contributed by atoms with van der Waals surface area (Å²) in [5, 5.41) is 2.55. The number of nitrogens with two attached hydrogens (primary N) is 1. The minimum atomic E-state index is -0.730. The van der Waals surface area contributed by atoms with Gasteiger partial charge in [0.1, 0.15) is 11.9 Å². The largest absolute Gasteiger partial charge is 0.398 e. The molecule has 116 valence electrons. The number of aromatic nitrogens is 2. The first-order valence-corrected chi connectivity index (χ1v) is 6.60. The zero-order valence-electron chi connectivity index (χ0n) is 11.8. The quantitative estimate of drug-likeness (QED) is 0.593. The Balaban J connectivity index is 0.00000176. The van der Waals surface area contributed by atoms with Crippen LogP contribution in [0.2, 0.25) is 0 Å². The average Bonchev–Trinajstić information content (AvgIpc) is 2.40. The molecule has 8 heteroatoms. The number of anilines is 1. The zero-order valence-corrected chi connectivity index (χ0v) is 12.6. The maximum Gasteiger partial charge on any atom is 0.264 e. The van der Waals surface area contributed by atoms with Crippen molar-refractivity contribution in [3.05, 3.63) is 34.4 Å². The summed E-state index contributed by atoms with van der Waals surface area (Å²) in [5.74, 6) is -0.380. The monoisotopic (exact) mass is 322 g/mol. The van der Waals surface area contributed by atoms with Crippen LogP contribution in [-0.4, -0.2) is 21.4 Å². The molecule has 1 aliphatic heterocycles. The second-order valence-corrected chi connectivity index (χ2v) is 5.04. The summed E-state index contributed by atoms with van der Waals surface area (Å²) in [7, 11) is 0. The molecule has 3 N–H and O–H groups in total. The zero-order chi connectivity index (χ0) is 15.1. The standard InChI is InChI=1S/C14H14N4O3.ClH/c1-7-16-9-4-2-3-8(15)12(9)14(21)18(7)10-5-6-11(19)17-13(10)20;/h2-4,10H,5-6,15H2,1H3,(H,17,19,20);1H/t10-;/m1./s1. The Morgan fingerprint density at radius 1 is 1.32 bits per heavy atom. The summed E-state index contributed by atoms with van der Waals surface area (Å²) in [6.45, 7) is 1.66. The molecule has 2 aromatic rings. The van der Waals surface area contributed by atoms with E-state index < -0.39 is 11.9 Å². The lowest BCUT2D eigenvalue weighted by atomic mass is 10.1. The van der Waals surface area contributed by atoms with Gasteiger partial charge in [0.2, 0.25) is 11.8 Å². The molecule has 7 nitrogen and oxygen atoms in total. The third kappa shape index (κ3) is 2.43. The lowest BCUT2D eigenvalue weighted by molar-refractivity contribution is -0.135. The normalized spacial score (nSPS) is 18.0. The van der Waals surface area contributed by atoms with Gasteiger partial charge < -0.3 is 5.73 Å². The molecule has 22 heavy (non-hydrogen) atoms. The molecule has 0 radical (unpaired) electrons. The van der Waals surface area contributed by atoms with Crippen molar-refractivity contribution < 1.29 is 9.59 Å². The van der Waals surface area contributed by atoms with E-state index in [2.05, 4.69) is 10.3 Å². The van der Waals surface area contributed by atoms with Crippen molar-refractivity contribution in [2.75, 3.05) is 5.73 Å². The van der Waals surface area contributed by atoms with E-state index in [4.69, 9.17) is 5.73 Å². The van der Waals surface area contributed by atoms with Gasteiger partial charge >= 0.3 is 0 Å². The predicted molar refractivity (Wildman–Crippen MR) is 83.8 cm³/mol. The van der Waals surface area contributed by atoms with E-state index in [1.165, 1.54) is 4.57 Å². The van der Waals surface area contributed by atoms with E-state index in [1.54, 1.807) is 25.1 Å². The van der Waals surface area contributed by atoms with Gasteiger partial charge in [0.15, 0.2) is 0 Å². The highest BCUT2D eigenvalue weighted by Gasteiger charge is 2.30. The van der Waals surface area contributed by atoms with Crippen molar-refractivity contribution in [3.8, 4) is 0 Å². The molecule has 0 aliphatic carbocycles. The van der Waals surface area contributed by atoms with Crippen LogP contribution in [0.4, 0.5) is 5.69 Å². The van der Waals surface area contributed by atoms with Crippen LogP contribution in [0.25, 0.3) is 10.9 Å². The highest BCUT2D eigenvalue weighted by molar-refractivity contribution is 5.99. The highest BCUT2D eigenvalue weighted by Crippen LogP contribution is 2.21. The summed E-state index contributed by atoms with van der Waals surface area (Å²) in [4.78, 5) is 40.2. The van der Waals surface area contributed by atoms with Gasteiger partial charge in [0.25, 0.3) is 5.56 Å². The molecule has 0 spiro atoms. The number of halogens is 1. The number of nitrogens with zero attached hydrogens (tertiary/aromatic N) is 2. The van der Waals surface area contributed by atoms with Crippen molar-refractivity contribution in [3.63, 3.8) is 0 Å². The molecule has 1 aromatic heterocycles. The molecule has 1 aliphatic rings. The Bertz CT molecular complexity index is 831. The van der Waals surface area contributed by atoms with Gasteiger partial charge in [-0.1, -0.05) is 6.07 Å². The summed E-state index contributed by atoms with van der Waals surface area (Å²) in [6, 6.07) is 4.32. The number of aryl methyl sites for hydroxylation is 1. The molecule has 3 rings (SSSR count). The number of benzene rings is 1. The fourth-order valence-electron chi connectivity index (χ4n) is 2.67. The Hall–Kier alpha value is -2.41. The first-order valence-electron chi connectivity index (χ1n) is 6.60. The van der Waals surface area contributed by atoms with Crippen LogP contribution in [0.1, 0.15) is 24.7 Å². The Kier molecular flexibility index (Phi) is 4.18. The average molecular weight is 323 g/mol. The van der Waals surface area contributed by atoms with E-state index in [0.29, 0.717) is 22.4 Å². The van der Waals surface area contributed by atoms with E-state index in [-0.39, 0.29) is 36.7 Å². The lowest BCUT2D eigenvalue weighted by Gasteiger charge is -2.24. The number of imide groups is 1. The number of nitrogens with one attached hydrogen (secondary N) is 1. The predicted octanol–water partition coefficient (Wildman–Crippen LogP) is 0.687. The first kappa shape index (κ1) is 16.0. The third-order valence-corrected chi connectivity index (χ3v) is 3.66. The van der Waals surface area contributed by atoms with Crippen LogP contribution in [0.3, 0.4) is 0 Å². The summed E-state index contributed by atoms with van der Waals surface area (Å²) in [5.41, 5.74) is 6.32. The Labute approximate surface area is 131 Å². The number of rotatable bonds is 1. The molecule has 1 fully saturated rings. The van der Waals surface area contributed by atoms with Crippen molar-refractivity contribution in [1.29, 1.82) is 0 Å². The number of amides is 2. The number of fused-ring (bicyclic) bond motifs is 1. The molecule has 1 aromatic carbocycles. The second kappa shape index (κ2) is 5.76. The molecule has 0 bridgehead atoms. The number of piperidine rings is 1. The topological polar surface area (TPSA) is 107 Å². The van der Waals surface area contributed by atoms with Gasteiger partial charge in [-0.15, -0.1) is 12.4 Å². The van der Waals surface area contributed by atoms with Gasteiger partial charge in [-0.25, -0.2) is 4.98 Å². The van der Waals surface area contributed by atoms with Gasteiger partial charge in [-0.2, -0.15) is 0 Å². The summed E-state index contributed by atoms with van der Waals surface area (Å²) < 4.78 is 1.32. The summed E-state index contributed by atoms with van der Waals surface area (Å²) in [6.07, 6.45) is 0.482. The van der Waals surface area contributed by atoms with Crippen LogP contribution in [0, 0.1) is 6.92 Å². The van der Waals surface area contributed by atoms with Crippen LogP contribution in [-0.2, 0) is 9.59 Å². The first-order chi connectivity index (χ1) is 9.99. The van der Waals surface area contributed by atoms with Crippen molar-refractivity contribution in [2.24, 2.45) is 0 Å².